The minimum absolute atomic E-state index is 0.234. The number of aliphatic imine (C=N–C) groups is 1. The van der Waals surface area contributed by atoms with Crippen molar-refractivity contribution in [3.8, 4) is 5.75 Å². The Morgan fingerprint density at radius 1 is 1.36 bits per heavy atom. The van der Waals surface area contributed by atoms with Gasteiger partial charge in [0.15, 0.2) is 0 Å². The van der Waals surface area contributed by atoms with E-state index in [-0.39, 0.29) is 17.9 Å². The smallest absolute Gasteiger partial charge is 0.131 e. The highest BCUT2D eigenvalue weighted by molar-refractivity contribution is 6.02. The van der Waals surface area contributed by atoms with Crippen LogP contribution in [0.15, 0.2) is 23.2 Å². The predicted octanol–water partition coefficient (Wildman–Crippen LogP) is 2.08. The molecule has 1 saturated carbocycles. The second kappa shape index (κ2) is 5.29. The lowest BCUT2D eigenvalue weighted by Gasteiger charge is -2.54. The van der Waals surface area contributed by atoms with Crippen molar-refractivity contribution in [3.63, 3.8) is 0 Å². The molecular formula is C20H26N2O3. The van der Waals surface area contributed by atoms with Crippen LogP contribution < -0.4 is 4.74 Å². The summed E-state index contributed by atoms with van der Waals surface area (Å²) in [5.41, 5.74) is 1.71. The zero-order chi connectivity index (χ0) is 17.3. The third-order valence-corrected chi connectivity index (χ3v) is 7.00. The van der Waals surface area contributed by atoms with Gasteiger partial charge >= 0.3 is 0 Å². The fourth-order valence-corrected chi connectivity index (χ4v) is 5.93. The van der Waals surface area contributed by atoms with E-state index in [1.807, 2.05) is 25.1 Å². The normalized spacial score (nSPS) is 42.2. The predicted molar refractivity (Wildman–Crippen MR) is 95.3 cm³/mol. The highest BCUT2D eigenvalue weighted by atomic mass is 16.5. The average Bonchev–Trinajstić information content (AvgIpc) is 2.88. The van der Waals surface area contributed by atoms with Crippen LogP contribution in [0.1, 0.15) is 31.7 Å². The van der Waals surface area contributed by atoms with Gasteiger partial charge in [0.05, 0.1) is 24.6 Å². The molecule has 7 atom stereocenters. The molecule has 1 aromatic carbocycles. The Labute approximate surface area is 148 Å². The van der Waals surface area contributed by atoms with Crippen LogP contribution in [0.2, 0.25) is 0 Å². The first-order valence-corrected chi connectivity index (χ1v) is 9.43. The number of hydrogen-bond acceptors (Lipinski definition) is 5. The van der Waals surface area contributed by atoms with Crippen LogP contribution in [0.25, 0.3) is 0 Å². The van der Waals surface area contributed by atoms with Crippen molar-refractivity contribution in [2.75, 3.05) is 20.2 Å². The Morgan fingerprint density at radius 3 is 2.96 bits per heavy atom. The molecule has 4 heterocycles. The first-order valence-electron chi connectivity index (χ1n) is 9.43. The summed E-state index contributed by atoms with van der Waals surface area (Å²) in [5.74, 6) is 1.87. The number of ether oxygens (including phenoxy) is 1. The lowest BCUT2D eigenvalue weighted by atomic mass is 9.63. The van der Waals surface area contributed by atoms with Crippen molar-refractivity contribution >= 4 is 11.4 Å². The van der Waals surface area contributed by atoms with Gasteiger partial charge in [-0.1, -0.05) is 0 Å². The van der Waals surface area contributed by atoms with E-state index in [2.05, 4.69) is 4.90 Å². The van der Waals surface area contributed by atoms with Crippen LogP contribution in [0.3, 0.4) is 0 Å². The Balaban J connectivity index is 1.61. The van der Waals surface area contributed by atoms with Gasteiger partial charge in [0.1, 0.15) is 11.4 Å². The van der Waals surface area contributed by atoms with Crippen molar-refractivity contribution in [1.82, 2.24) is 4.90 Å². The average molecular weight is 342 g/mol. The largest absolute Gasteiger partial charge is 0.497 e. The maximum Gasteiger partial charge on any atom is 0.131 e. The molecule has 5 heteroatoms. The molecule has 0 aromatic heterocycles. The minimum Gasteiger partial charge on any atom is -0.497 e. The molecule has 5 nitrogen and oxygen atoms in total. The molecule has 25 heavy (non-hydrogen) atoms. The van der Waals surface area contributed by atoms with Crippen LogP contribution in [0.5, 0.6) is 5.75 Å². The van der Waals surface area contributed by atoms with Gasteiger partial charge in [0.2, 0.25) is 0 Å². The molecule has 2 N–H and O–H groups in total. The number of aliphatic hydroxyl groups excluding tert-OH is 1. The van der Waals surface area contributed by atoms with Gasteiger partial charge in [0.25, 0.3) is 0 Å². The highest BCUT2D eigenvalue weighted by Gasteiger charge is 2.57. The van der Waals surface area contributed by atoms with Crippen molar-refractivity contribution in [2.24, 2.45) is 22.7 Å². The lowest BCUT2D eigenvalue weighted by Crippen LogP contribution is -2.60. The summed E-state index contributed by atoms with van der Waals surface area (Å²) in [6, 6.07) is 6.11. The van der Waals surface area contributed by atoms with E-state index in [4.69, 9.17) is 9.73 Å². The number of piperidine rings is 2. The lowest BCUT2D eigenvalue weighted by molar-refractivity contribution is -0.0614. The van der Waals surface area contributed by atoms with Gasteiger partial charge < -0.3 is 14.9 Å². The van der Waals surface area contributed by atoms with Crippen molar-refractivity contribution in [1.29, 1.82) is 0 Å². The molecule has 3 saturated heterocycles. The highest BCUT2D eigenvalue weighted by Crippen LogP contribution is 2.53. The molecule has 6 rings (SSSR count). The summed E-state index contributed by atoms with van der Waals surface area (Å²) < 4.78 is 5.37. The third-order valence-electron chi connectivity index (χ3n) is 7.00. The number of fused-ring (bicyclic) bond motifs is 4. The Bertz CT molecular complexity index is 746. The monoisotopic (exact) mass is 342 g/mol. The van der Waals surface area contributed by atoms with Gasteiger partial charge in [-0.2, -0.15) is 0 Å². The molecule has 1 aliphatic carbocycles. The van der Waals surface area contributed by atoms with E-state index in [1.165, 1.54) is 0 Å². The minimum atomic E-state index is -0.989. The number of hydrogen-bond donors (Lipinski definition) is 2. The standard InChI is InChI=1S/C20H26N2O3/c1-11(23)14-7-12-8-15-18(14)22(10-12)6-5-20(24)16-9-13(25-2)3-4-17(16)21-19(15)20/h3-4,9,11-12,14-15,18,23-24H,5-8,10H2,1-2H3/t11-,12+,14+,15+,18-,20+/m0/s1. The molecule has 0 spiro atoms. The van der Waals surface area contributed by atoms with E-state index in [9.17, 15) is 10.2 Å². The Kier molecular flexibility index (Phi) is 3.34. The SMILES string of the molecule is COc1ccc2c(c1)[C@]1(O)CCN3C[C@@H]4C[C@H]([C@H](C)O)[C@H]3[C@@H](C4)C1=N2. The second-order valence-corrected chi connectivity index (χ2v) is 8.32. The fraction of sp³-hybridized carbons (Fsp3) is 0.650. The van der Waals surface area contributed by atoms with Crippen molar-refractivity contribution in [2.45, 2.75) is 43.9 Å². The molecule has 0 amide bonds. The first-order chi connectivity index (χ1) is 12.0. The van der Waals surface area contributed by atoms with Gasteiger partial charge in [-0.15, -0.1) is 0 Å². The van der Waals surface area contributed by atoms with Crippen molar-refractivity contribution in [3.05, 3.63) is 23.8 Å². The van der Waals surface area contributed by atoms with E-state index < -0.39 is 5.60 Å². The molecule has 0 radical (unpaired) electrons. The molecule has 5 aliphatic rings. The van der Waals surface area contributed by atoms with E-state index >= 15 is 0 Å². The number of nitrogens with zero attached hydrogens (tertiary/aromatic N) is 2. The molecule has 134 valence electrons. The molecule has 1 aromatic rings. The summed E-state index contributed by atoms with van der Waals surface area (Å²) in [5, 5.41) is 22.0. The van der Waals surface area contributed by atoms with E-state index in [0.29, 0.717) is 18.4 Å². The second-order valence-electron chi connectivity index (χ2n) is 8.32. The van der Waals surface area contributed by atoms with Crippen LogP contribution >= 0.6 is 0 Å². The molecule has 4 bridgehead atoms. The van der Waals surface area contributed by atoms with E-state index in [0.717, 1.165) is 48.6 Å². The van der Waals surface area contributed by atoms with Gasteiger partial charge in [-0.25, -0.2) is 0 Å². The summed E-state index contributed by atoms with van der Waals surface area (Å²) in [4.78, 5) is 7.43. The molecule has 4 aliphatic heterocycles. The quantitative estimate of drug-likeness (QED) is 0.864. The maximum absolute atomic E-state index is 11.7. The molecule has 1 unspecified atom stereocenters. The number of methoxy groups -OCH3 is 1. The topological polar surface area (TPSA) is 65.3 Å². The maximum atomic E-state index is 11.7. The molecule has 4 fully saturated rings. The van der Waals surface area contributed by atoms with Crippen LogP contribution in [-0.4, -0.2) is 53.2 Å². The number of aliphatic hydroxyl groups is 2. The Hall–Kier alpha value is -1.43. The number of rotatable bonds is 2. The van der Waals surface area contributed by atoms with Gasteiger partial charge in [-0.05, 0) is 50.3 Å². The van der Waals surface area contributed by atoms with E-state index in [1.54, 1.807) is 7.11 Å². The zero-order valence-electron chi connectivity index (χ0n) is 14.9. The summed E-state index contributed by atoms with van der Waals surface area (Å²) >= 11 is 0. The summed E-state index contributed by atoms with van der Waals surface area (Å²) in [6.07, 6.45) is 2.53. The van der Waals surface area contributed by atoms with Crippen molar-refractivity contribution < 1.29 is 14.9 Å². The van der Waals surface area contributed by atoms with Crippen LogP contribution in [-0.2, 0) is 5.60 Å². The van der Waals surface area contributed by atoms with Crippen LogP contribution in [0.4, 0.5) is 5.69 Å². The first kappa shape index (κ1) is 15.8. The third kappa shape index (κ3) is 2.09. The number of benzene rings is 1. The Morgan fingerprint density at radius 2 is 2.20 bits per heavy atom. The summed E-state index contributed by atoms with van der Waals surface area (Å²) in [6.45, 7) is 3.87. The van der Waals surface area contributed by atoms with Crippen LogP contribution in [0, 0.1) is 17.8 Å². The van der Waals surface area contributed by atoms with Gasteiger partial charge in [0, 0.05) is 36.5 Å². The fourth-order valence-electron chi connectivity index (χ4n) is 5.93. The van der Waals surface area contributed by atoms with Gasteiger partial charge in [-0.3, -0.25) is 9.89 Å². The zero-order valence-corrected chi connectivity index (χ0v) is 14.9. The molecular weight excluding hydrogens is 316 g/mol. The summed E-state index contributed by atoms with van der Waals surface area (Å²) in [7, 11) is 1.65.